The molecule has 0 aliphatic rings. The van der Waals surface area contributed by atoms with E-state index in [1.54, 1.807) is 12.1 Å². The van der Waals surface area contributed by atoms with Crippen LogP contribution in [0.5, 0.6) is 28.7 Å². The zero-order valence-corrected chi connectivity index (χ0v) is 20.0. The van der Waals surface area contributed by atoms with E-state index < -0.39 is 41.3 Å². The highest BCUT2D eigenvalue weighted by Gasteiger charge is 2.40. The Labute approximate surface area is 208 Å². The van der Waals surface area contributed by atoms with Crippen molar-refractivity contribution in [2.24, 2.45) is 0 Å². The summed E-state index contributed by atoms with van der Waals surface area (Å²) in [6.45, 7) is 3.39. The van der Waals surface area contributed by atoms with Crippen molar-refractivity contribution in [2.75, 3.05) is 13.7 Å². The maximum Gasteiger partial charge on any atom is 0.453 e. The van der Waals surface area contributed by atoms with Crippen molar-refractivity contribution in [3.05, 3.63) is 87.8 Å². The van der Waals surface area contributed by atoms with Gasteiger partial charge in [-0.25, -0.2) is 4.79 Å². The van der Waals surface area contributed by atoms with Crippen molar-refractivity contribution in [3.63, 3.8) is 0 Å². The number of benzene rings is 3. The monoisotopic (exact) mass is 514 g/mol. The van der Waals surface area contributed by atoms with Crippen molar-refractivity contribution < 1.29 is 41.3 Å². The summed E-state index contributed by atoms with van der Waals surface area (Å²) in [5, 5.41) is -0.192. The number of fused-ring (bicyclic) bond motifs is 1. The molecule has 0 aliphatic carbocycles. The third kappa shape index (κ3) is 5.85. The summed E-state index contributed by atoms with van der Waals surface area (Å²) in [7, 11) is 1.43. The van der Waals surface area contributed by atoms with Crippen LogP contribution in [0.4, 0.5) is 13.2 Å². The van der Waals surface area contributed by atoms with Crippen LogP contribution in [0.25, 0.3) is 11.0 Å². The van der Waals surface area contributed by atoms with Crippen molar-refractivity contribution in [1.82, 2.24) is 0 Å². The summed E-state index contributed by atoms with van der Waals surface area (Å²) >= 11 is 0. The largest absolute Gasteiger partial charge is 0.497 e. The van der Waals surface area contributed by atoms with Crippen molar-refractivity contribution >= 4 is 16.9 Å². The molecule has 0 saturated heterocycles. The first-order valence-corrected chi connectivity index (χ1v) is 11.0. The maximum absolute atomic E-state index is 13.8. The van der Waals surface area contributed by atoms with Crippen LogP contribution < -0.4 is 24.4 Å². The first kappa shape index (κ1) is 25.6. The Morgan fingerprint density at radius 1 is 0.865 bits per heavy atom. The Hall–Kier alpha value is -4.47. The lowest BCUT2D eigenvalue weighted by Crippen LogP contribution is -2.18. The van der Waals surface area contributed by atoms with Crippen molar-refractivity contribution in [1.29, 1.82) is 0 Å². The number of rotatable bonds is 7. The lowest BCUT2D eigenvalue weighted by molar-refractivity contribution is -0.154. The highest BCUT2D eigenvalue weighted by Crippen LogP contribution is 2.39. The number of halogens is 3. The Balaban J connectivity index is 1.59. The van der Waals surface area contributed by atoms with Crippen LogP contribution in [-0.4, -0.2) is 19.7 Å². The van der Waals surface area contributed by atoms with Crippen LogP contribution >= 0.6 is 0 Å². The summed E-state index contributed by atoms with van der Waals surface area (Å²) in [6.07, 6.45) is -5.04. The van der Waals surface area contributed by atoms with Gasteiger partial charge in [-0.1, -0.05) is 6.07 Å². The number of carbonyl (C=O) groups excluding carboxylic acids is 1. The molecule has 10 heteroatoms. The smallest absolute Gasteiger partial charge is 0.453 e. The topological polar surface area (TPSA) is 84.2 Å². The van der Waals surface area contributed by atoms with Gasteiger partial charge in [0.2, 0.25) is 11.2 Å². The fourth-order valence-electron chi connectivity index (χ4n) is 3.37. The summed E-state index contributed by atoms with van der Waals surface area (Å²) in [6, 6.07) is 14.4. The van der Waals surface area contributed by atoms with Gasteiger partial charge < -0.3 is 23.4 Å². The average molecular weight is 514 g/mol. The summed E-state index contributed by atoms with van der Waals surface area (Å²) in [4.78, 5) is 25.2. The first-order valence-electron chi connectivity index (χ1n) is 11.0. The zero-order chi connectivity index (χ0) is 26.7. The molecular weight excluding hydrogens is 493 g/mol. The number of ether oxygens (including phenoxy) is 4. The third-order valence-corrected chi connectivity index (χ3v) is 5.43. The molecule has 192 valence electrons. The molecule has 1 aromatic heterocycles. The molecule has 4 rings (SSSR count). The van der Waals surface area contributed by atoms with Crippen molar-refractivity contribution in [2.45, 2.75) is 20.0 Å². The first-order chi connectivity index (χ1) is 17.5. The summed E-state index contributed by atoms with van der Waals surface area (Å²) in [5.74, 6) is -2.66. The molecule has 0 fully saturated rings. The molecule has 0 unspecified atom stereocenters. The predicted molar refractivity (Wildman–Crippen MR) is 128 cm³/mol. The molecule has 0 atom stereocenters. The second-order valence-corrected chi connectivity index (χ2v) is 8.03. The van der Waals surface area contributed by atoms with Gasteiger partial charge in [0.25, 0.3) is 5.76 Å². The minimum absolute atomic E-state index is 0.0210. The van der Waals surface area contributed by atoms with Gasteiger partial charge in [-0.3, -0.25) is 4.79 Å². The Morgan fingerprint density at radius 2 is 1.51 bits per heavy atom. The molecule has 4 aromatic rings. The minimum Gasteiger partial charge on any atom is -0.497 e. The fraction of sp³-hybridized carbons (Fsp3) is 0.185. The number of methoxy groups -OCH3 is 1. The molecule has 3 aromatic carbocycles. The van der Waals surface area contributed by atoms with Crippen LogP contribution in [0, 0.1) is 13.8 Å². The molecule has 37 heavy (non-hydrogen) atoms. The van der Waals surface area contributed by atoms with E-state index in [0.717, 1.165) is 17.2 Å². The van der Waals surface area contributed by atoms with Gasteiger partial charge in [0, 0.05) is 6.07 Å². The average Bonchev–Trinajstić information content (AvgIpc) is 2.86. The zero-order valence-electron chi connectivity index (χ0n) is 20.0. The lowest BCUT2D eigenvalue weighted by Gasteiger charge is -2.14. The summed E-state index contributed by atoms with van der Waals surface area (Å²) in [5.41, 5.74) is 0.565. The second-order valence-electron chi connectivity index (χ2n) is 8.03. The van der Waals surface area contributed by atoms with E-state index >= 15 is 0 Å². The second kappa shape index (κ2) is 10.3. The van der Waals surface area contributed by atoms with Crippen LogP contribution in [0.1, 0.15) is 16.9 Å². The van der Waals surface area contributed by atoms with Gasteiger partial charge in [-0.05, 0) is 73.5 Å². The molecule has 0 spiro atoms. The maximum atomic E-state index is 13.8. The highest BCUT2D eigenvalue weighted by atomic mass is 19.4. The third-order valence-electron chi connectivity index (χ3n) is 5.43. The van der Waals surface area contributed by atoms with Crippen LogP contribution in [0.3, 0.4) is 0 Å². The number of esters is 1. The van der Waals surface area contributed by atoms with Crippen LogP contribution in [-0.2, 0) is 11.0 Å². The SMILES string of the molecule is COc1ccc(Oc2c(C(F)(F)F)oc3cc(OC(=O)COc4ccc(C)c(C)c4)ccc3c2=O)cc1. The number of alkyl halides is 3. The molecule has 1 heterocycles. The molecule has 0 amide bonds. The predicted octanol–water partition coefficient (Wildman–Crippen LogP) is 6.21. The molecule has 7 nitrogen and oxygen atoms in total. The highest BCUT2D eigenvalue weighted by molar-refractivity contribution is 5.81. The molecule has 0 radical (unpaired) electrons. The van der Waals surface area contributed by atoms with E-state index in [1.165, 1.54) is 43.5 Å². The fourth-order valence-corrected chi connectivity index (χ4v) is 3.37. The Morgan fingerprint density at radius 3 is 2.16 bits per heavy atom. The number of hydrogen-bond acceptors (Lipinski definition) is 7. The lowest BCUT2D eigenvalue weighted by atomic mass is 10.1. The van der Waals surface area contributed by atoms with Gasteiger partial charge in [0.05, 0.1) is 12.5 Å². The van der Waals surface area contributed by atoms with Gasteiger partial charge in [0.1, 0.15) is 28.6 Å². The van der Waals surface area contributed by atoms with Gasteiger partial charge >= 0.3 is 12.1 Å². The summed E-state index contributed by atoms with van der Waals surface area (Å²) < 4.78 is 67.2. The number of hydrogen-bond donors (Lipinski definition) is 0. The van der Waals surface area contributed by atoms with E-state index in [2.05, 4.69) is 0 Å². The van der Waals surface area contributed by atoms with Crippen LogP contribution in [0.15, 0.2) is 69.9 Å². The molecule has 0 saturated carbocycles. The molecule has 0 N–H and O–H groups in total. The van der Waals surface area contributed by atoms with E-state index in [-0.39, 0.29) is 16.9 Å². The standard InChI is InChI=1S/C27H21F3O7/c1-15-4-5-19(12-16(15)2)34-14-23(31)35-20-10-11-21-22(13-20)37-26(27(28,29)30)25(24(21)32)36-18-8-6-17(33-3)7-9-18/h4-13H,14H2,1-3H3. The van der Waals surface area contributed by atoms with Crippen LogP contribution in [0.2, 0.25) is 0 Å². The Kier molecular flexibility index (Phi) is 7.10. The van der Waals surface area contributed by atoms with E-state index in [9.17, 15) is 22.8 Å². The molecular formula is C27H21F3O7. The van der Waals surface area contributed by atoms with Gasteiger partial charge in [-0.15, -0.1) is 0 Å². The molecule has 0 bridgehead atoms. The number of carbonyl (C=O) groups is 1. The Bertz CT molecular complexity index is 1510. The van der Waals surface area contributed by atoms with Gasteiger partial charge in [-0.2, -0.15) is 13.2 Å². The molecule has 0 aliphatic heterocycles. The van der Waals surface area contributed by atoms with Crippen molar-refractivity contribution in [3.8, 4) is 28.7 Å². The quantitative estimate of drug-likeness (QED) is 0.214. The van der Waals surface area contributed by atoms with Gasteiger partial charge in [0.15, 0.2) is 6.61 Å². The number of aryl methyl sites for hydroxylation is 2. The minimum atomic E-state index is -5.04. The van der Waals surface area contributed by atoms with E-state index in [1.807, 2.05) is 19.9 Å². The normalized spacial score (nSPS) is 11.3. The van der Waals surface area contributed by atoms with E-state index in [0.29, 0.717) is 11.5 Å². The van der Waals surface area contributed by atoms with E-state index in [4.69, 9.17) is 23.4 Å².